The Kier molecular flexibility index (Phi) is 1.93. The Balaban J connectivity index is 2.31. The molecule has 2 rings (SSSR count). The maximum atomic E-state index is 5.44. The van der Waals surface area contributed by atoms with Crippen LogP contribution in [0.15, 0.2) is 23.5 Å². The third kappa shape index (κ3) is 1.16. The molecule has 1 unspecified atom stereocenters. The molecule has 1 aliphatic carbocycles. The monoisotopic (exact) mass is 166 g/mol. The Morgan fingerprint density at radius 2 is 2.33 bits per heavy atom. The minimum absolute atomic E-state index is 0.201. The summed E-state index contributed by atoms with van der Waals surface area (Å²) in [6.07, 6.45) is 5.49. The number of ether oxygens (including phenoxy) is 2. The van der Waals surface area contributed by atoms with Gasteiger partial charge in [0.05, 0.1) is 0 Å². The second-order valence-corrected chi connectivity index (χ2v) is 3.53. The highest BCUT2D eigenvalue weighted by atomic mass is 16.7. The minimum Gasteiger partial charge on any atom is -0.469 e. The van der Waals surface area contributed by atoms with Crippen molar-refractivity contribution in [1.29, 1.82) is 0 Å². The standard InChI is InChI=1S/C10H14O2/c1-7(2)8-4-3-5-9-10(8)12-6-11-9/h3-4,7,9H,5-6H2,1-2H3. The van der Waals surface area contributed by atoms with E-state index in [-0.39, 0.29) is 6.10 Å². The average Bonchev–Trinajstić information content (AvgIpc) is 2.49. The van der Waals surface area contributed by atoms with E-state index >= 15 is 0 Å². The molecule has 0 radical (unpaired) electrons. The van der Waals surface area contributed by atoms with E-state index in [1.54, 1.807) is 0 Å². The Labute approximate surface area is 72.9 Å². The van der Waals surface area contributed by atoms with Gasteiger partial charge >= 0.3 is 0 Å². The van der Waals surface area contributed by atoms with Gasteiger partial charge in [-0.05, 0) is 17.9 Å². The molecule has 1 aliphatic heterocycles. The smallest absolute Gasteiger partial charge is 0.189 e. The second kappa shape index (κ2) is 2.94. The van der Waals surface area contributed by atoms with Crippen LogP contribution < -0.4 is 0 Å². The molecule has 2 heteroatoms. The van der Waals surface area contributed by atoms with E-state index in [1.165, 1.54) is 5.57 Å². The van der Waals surface area contributed by atoms with Gasteiger partial charge in [0.1, 0.15) is 11.9 Å². The molecule has 12 heavy (non-hydrogen) atoms. The molecule has 0 aromatic heterocycles. The first kappa shape index (κ1) is 7.87. The van der Waals surface area contributed by atoms with Crippen molar-refractivity contribution in [3.63, 3.8) is 0 Å². The summed E-state index contributed by atoms with van der Waals surface area (Å²) in [5.74, 6) is 1.59. The largest absolute Gasteiger partial charge is 0.469 e. The predicted octanol–water partition coefficient (Wildman–Crippen LogP) is 2.23. The highest BCUT2D eigenvalue weighted by Crippen LogP contribution is 2.31. The lowest BCUT2D eigenvalue weighted by atomic mass is 9.94. The molecule has 0 amide bonds. The quantitative estimate of drug-likeness (QED) is 0.594. The third-order valence-corrected chi connectivity index (χ3v) is 2.33. The summed E-state index contributed by atoms with van der Waals surface area (Å²) in [6.45, 7) is 4.78. The fraction of sp³-hybridized carbons (Fsp3) is 0.600. The molecule has 1 atom stereocenters. The van der Waals surface area contributed by atoms with Gasteiger partial charge in [0, 0.05) is 0 Å². The van der Waals surface area contributed by atoms with Crippen LogP contribution in [0.5, 0.6) is 0 Å². The van der Waals surface area contributed by atoms with Gasteiger partial charge < -0.3 is 9.47 Å². The highest BCUT2D eigenvalue weighted by molar-refractivity contribution is 5.31. The maximum Gasteiger partial charge on any atom is 0.189 e. The van der Waals surface area contributed by atoms with Crippen molar-refractivity contribution in [3.8, 4) is 0 Å². The molecule has 2 nitrogen and oxygen atoms in total. The van der Waals surface area contributed by atoms with Gasteiger partial charge in [-0.25, -0.2) is 0 Å². The van der Waals surface area contributed by atoms with Crippen molar-refractivity contribution >= 4 is 0 Å². The van der Waals surface area contributed by atoms with Crippen molar-refractivity contribution in [2.75, 3.05) is 6.79 Å². The Bertz CT molecular complexity index is 238. The first-order chi connectivity index (χ1) is 5.79. The van der Waals surface area contributed by atoms with Gasteiger partial charge in [-0.15, -0.1) is 0 Å². The Hall–Kier alpha value is -0.760. The van der Waals surface area contributed by atoms with Crippen molar-refractivity contribution in [1.82, 2.24) is 0 Å². The van der Waals surface area contributed by atoms with Gasteiger partial charge in [-0.3, -0.25) is 0 Å². The van der Waals surface area contributed by atoms with Crippen LogP contribution in [0.4, 0.5) is 0 Å². The summed E-state index contributed by atoms with van der Waals surface area (Å²) in [5, 5.41) is 0. The molecule has 0 N–H and O–H groups in total. The first-order valence-electron chi connectivity index (χ1n) is 4.44. The van der Waals surface area contributed by atoms with E-state index in [4.69, 9.17) is 9.47 Å². The molecule has 1 fully saturated rings. The fourth-order valence-corrected chi connectivity index (χ4v) is 1.67. The Morgan fingerprint density at radius 1 is 1.50 bits per heavy atom. The molecule has 1 heterocycles. The molecule has 0 saturated carbocycles. The Morgan fingerprint density at radius 3 is 3.08 bits per heavy atom. The van der Waals surface area contributed by atoms with Gasteiger partial charge in [0.2, 0.25) is 0 Å². The molecule has 1 saturated heterocycles. The van der Waals surface area contributed by atoms with Crippen molar-refractivity contribution in [2.45, 2.75) is 26.4 Å². The van der Waals surface area contributed by atoms with Crippen molar-refractivity contribution in [2.24, 2.45) is 5.92 Å². The van der Waals surface area contributed by atoms with Crippen molar-refractivity contribution < 1.29 is 9.47 Å². The molecular formula is C10H14O2. The molecule has 0 spiro atoms. The molecule has 0 bridgehead atoms. The zero-order valence-corrected chi connectivity index (χ0v) is 7.54. The van der Waals surface area contributed by atoms with E-state index in [9.17, 15) is 0 Å². The van der Waals surface area contributed by atoms with E-state index in [2.05, 4.69) is 26.0 Å². The normalized spacial score (nSPS) is 27.8. The summed E-state index contributed by atoms with van der Waals surface area (Å²) in [4.78, 5) is 0. The number of hydrogen-bond acceptors (Lipinski definition) is 2. The van der Waals surface area contributed by atoms with Crippen LogP contribution in [-0.2, 0) is 9.47 Å². The minimum atomic E-state index is 0.201. The highest BCUT2D eigenvalue weighted by Gasteiger charge is 2.28. The summed E-state index contributed by atoms with van der Waals surface area (Å²) >= 11 is 0. The van der Waals surface area contributed by atoms with E-state index in [0.29, 0.717) is 12.7 Å². The molecule has 66 valence electrons. The molecule has 2 aliphatic rings. The van der Waals surface area contributed by atoms with Crippen LogP contribution in [0.25, 0.3) is 0 Å². The predicted molar refractivity (Wildman–Crippen MR) is 46.4 cm³/mol. The van der Waals surface area contributed by atoms with E-state index in [0.717, 1.165) is 12.2 Å². The molecular weight excluding hydrogens is 152 g/mol. The summed E-state index contributed by atoms with van der Waals surface area (Å²) < 4.78 is 10.8. The van der Waals surface area contributed by atoms with E-state index in [1.807, 2.05) is 0 Å². The van der Waals surface area contributed by atoms with Gasteiger partial charge in [-0.2, -0.15) is 0 Å². The van der Waals surface area contributed by atoms with Crippen LogP contribution in [0.3, 0.4) is 0 Å². The summed E-state index contributed by atoms with van der Waals surface area (Å²) in [7, 11) is 0. The lowest BCUT2D eigenvalue weighted by Gasteiger charge is -2.17. The van der Waals surface area contributed by atoms with Gasteiger partial charge in [-0.1, -0.05) is 26.0 Å². The van der Waals surface area contributed by atoms with Crippen LogP contribution >= 0.6 is 0 Å². The van der Waals surface area contributed by atoms with Crippen LogP contribution in [-0.4, -0.2) is 12.9 Å². The second-order valence-electron chi connectivity index (χ2n) is 3.53. The van der Waals surface area contributed by atoms with E-state index < -0.39 is 0 Å². The maximum absolute atomic E-state index is 5.44. The van der Waals surface area contributed by atoms with Crippen LogP contribution in [0.1, 0.15) is 20.3 Å². The summed E-state index contributed by atoms with van der Waals surface area (Å²) in [6, 6.07) is 0. The number of rotatable bonds is 1. The SMILES string of the molecule is CC(C)C1=C2OCOC2CC=C1. The lowest BCUT2D eigenvalue weighted by molar-refractivity contribution is 0.0508. The number of fused-ring (bicyclic) bond motifs is 1. The summed E-state index contributed by atoms with van der Waals surface area (Å²) in [5.41, 5.74) is 1.30. The van der Waals surface area contributed by atoms with Crippen LogP contribution in [0.2, 0.25) is 0 Å². The third-order valence-electron chi connectivity index (χ3n) is 2.33. The fourth-order valence-electron chi connectivity index (χ4n) is 1.67. The number of allylic oxidation sites excluding steroid dienone is 2. The molecule has 0 aromatic carbocycles. The topological polar surface area (TPSA) is 18.5 Å². The lowest BCUT2D eigenvalue weighted by Crippen LogP contribution is -2.13. The van der Waals surface area contributed by atoms with Gasteiger partial charge in [0.25, 0.3) is 0 Å². The zero-order chi connectivity index (χ0) is 8.55. The first-order valence-corrected chi connectivity index (χ1v) is 4.44. The zero-order valence-electron chi connectivity index (χ0n) is 7.54. The molecule has 0 aromatic rings. The number of hydrogen-bond donors (Lipinski definition) is 0. The average molecular weight is 166 g/mol. The van der Waals surface area contributed by atoms with Crippen LogP contribution in [0, 0.1) is 5.92 Å². The van der Waals surface area contributed by atoms with Gasteiger partial charge in [0.15, 0.2) is 6.79 Å². The van der Waals surface area contributed by atoms with Crippen molar-refractivity contribution in [3.05, 3.63) is 23.5 Å².